The molecule has 19 heavy (non-hydrogen) atoms. The minimum Gasteiger partial charge on any atom is -0.310 e. The summed E-state index contributed by atoms with van der Waals surface area (Å²) in [6.45, 7) is 3.00. The summed E-state index contributed by atoms with van der Waals surface area (Å²) in [7, 11) is 0. The summed E-state index contributed by atoms with van der Waals surface area (Å²) in [5.41, 5.74) is 2.00. The molecule has 0 amide bonds. The fourth-order valence-electron chi connectivity index (χ4n) is 2.00. The Morgan fingerprint density at radius 1 is 1.26 bits per heavy atom. The Kier molecular flexibility index (Phi) is 4.98. The highest BCUT2D eigenvalue weighted by Crippen LogP contribution is 2.18. The number of pyridine rings is 2. The maximum Gasteiger partial charge on any atom is 0.141 e. The van der Waals surface area contributed by atoms with Crippen LogP contribution in [-0.2, 0) is 6.42 Å². The van der Waals surface area contributed by atoms with Crippen LogP contribution in [0.5, 0.6) is 0 Å². The lowest BCUT2D eigenvalue weighted by atomic mass is 10.0. The van der Waals surface area contributed by atoms with E-state index in [2.05, 4.69) is 22.2 Å². The van der Waals surface area contributed by atoms with E-state index in [0.717, 1.165) is 30.5 Å². The fraction of sp³-hybridized carbons (Fsp3) is 0.333. The number of nitrogens with one attached hydrogen (secondary N) is 1. The van der Waals surface area contributed by atoms with Gasteiger partial charge in [0.2, 0.25) is 0 Å². The number of rotatable bonds is 6. The largest absolute Gasteiger partial charge is 0.310 e. The predicted molar refractivity (Wildman–Crippen MR) is 73.2 cm³/mol. The van der Waals surface area contributed by atoms with Crippen LogP contribution in [0.15, 0.2) is 43.0 Å². The molecule has 0 saturated carbocycles. The van der Waals surface area contributed by atoms with Gasteiger partial charge < -0.3 is 5.32 Å². The highest BCUT2D eigenvalue weighted by Gasteiger charge is 2.12. The molecule has 1 atom stereocenters. The standard InChI is InChI=1S/C15H18FN3/c1-2-5-19-15(7-12-4-3-6-17-9-12)13-8-14(16)11-18-10-13/h3-4,6,8-11,15,19H,2,5,7H2,1H3. The Balaban J connectivity index is 2.16. The van der Waals surface area contributed by atoms with Gasteiger partial charge in [-0.3, -0.25) is 9.97 Å². The third-order valence-electron chi connectivity index (χ3n) is 2.93. The summed E-state index contributed by atoms with van der Waals surface area (Å²) < 4.78 is 13.3. The first kappa shape index (κ1) is 13.6. The SMILES string of the molecule is CCCNC(Cc1cccnc1)c1cncc(F)c1. The Labute approximate surface area is 112 Å². The van der Waals surface area contributed by atoms with Crippen LogP contribution in [0, 0.1) is 5.82 Å². The van der Waals surface area contributed by atoms with Gasteiger partial charge in [-0.25, -0.2) is 4.39 Å². The molecule has 0 aromatic carbocycles. The van der Waals surface area contributed by atoms with Crippen LogP contribution in [-0.4, -0.2) is 16.5 Å². The summed E-state index contributed by atoms with van der Waals surface area (Å²) in [4.78, 5) is 8.04. The van der Waals surface area contributed by atoms with Crippen LogP contribution in [0.4, 0.5) is 4.39 Å². The van der Waals surface area contributed by atoms with Crippen molar-refractivity contribution < 1.29 is 4.39 Å². The van der Waals surface area contributed by atoms with Gasteiger partial charge in [-0.15, -0.1) is 0 Å². The number of aromatic nitrogens is 2. The maximum absolute atomic E-state index is 13.3. The second-order valence-corrected chi connectivity index (χ2v) is 4.51. The van der Waals surface area contributed by atoms with E-state index in [-0.39, 0.29) is 11.9 Å². The lowest BCUT2D eigenvalue weighted by Crippen LogP contribution is -2.24. The molecular formula is C15H18FN3. The summed E-state index contributed by atoms with van der Waals surface area (Å²) in [6.07, 6.45) is 8.34. The molecule has 0 aliphatic carbocycles. The molecule has 0 bridgehead atoms. The molecule has 1 unspecified atom stereocenters. The van der Waals surface area contributed by atoms with Crippen molar-refractivity contribution in [3.8, 4) is 0 Å². The Bertz CT molecular complexity index is 502. The van der Waals surface area contributed by atoms with Crippen molar-refractivity contribution in [1.82, 2.24) is 15.3 Å². The van der Waals surface area contributed by atoms with Crippen molar-refractivity contribution in [2.24, 2.45) is 0 Å². The van der Waals surface area contributed by atoms with E-state index < -0.39 is 0 Å². The third-order valence-corrected chi connectivity index (χ3v) is 2.93. The van der Waals surface area contributed by atoms with Crippen molar-refractivity contribution in [1.29, 1.82) is 0 Å². The topological polar surface area (TPSA) is 37.8 Å². The molecule has 2 heterocycles. The van der Waals surface area contributed by atoms with E-state index in [9.17, 15) is 4.39 Å². The number of hydrogen-bond acceptors (Lipinski definition) is 3. The van der Waals surface area contributed by atoms with Gasteiger partial charge in [0.1, 0.15) is 5.82 Å². The first-order valence-electron chi connectivity index (χ1n) is 6.52. The summed E-state index contributed by atoms with van der Waals surface area (Å²) >= 11 is 0. The monoisotopic (exact) mass is 259 g/mol. The van der Waals surface area contributed by atoms with Crippen molar-refractivity contribution in [2.75, 3.05) is 6.54 Å². The Morgan fingerprint density at radius 2 is 2.16 bits per heavy atom. The van der Waals surface area contributed by atoms with E-state index >= 15 is 0 Å². The molecule has 100 valence electrons. The lowest BCUT2D eigenvalue weighted by molar-refractivity contribution is 0.521. The zero-order valence-electron chi connectivity index (χ0n) is 11.0. The van der Waals surface area contributed by atoms with E-state index in [1.165, 1.54) is 12.3 Å². The average molecular weight is 259 g/mol. The van der Waals surface area contributed by atoms with Gasteiger partial charge in [0.15, 0.2) is 0 Å². The van der Waals surface area contributed by atoms with Crippen LogP contribution in [0.25, 0.3) is 0 Å². The minimum absolute atomic E-state index is 0.0624. The van der Waals surface area contributed by atoms with Crippen LogP contribution < -0.4 is 5.32 Å². The van der Waals surface area contributed by atoms with Gasteiger partial charge >= 0.3 is 0 Å². The summed E-state index contributed by atoms with van der Waals surface area (Å²) in [6, 6.07) is 5.54. The summed E-state index contributed by atoms with van der Waals surface area (Å²) in [5.74, 6) is -0.299. The predicted octanol–water partition coefficient (Wildman–Crippen LogP) is 2.90. The van der Waals surface area contributed by atoms with Gasteiger partial charge in [-0.2, -0.15) is 0 Å². The Hall–Kier alpha value is -1.81. The van der Waals surface area contributed by atoms with E-state index in [1.807, 2.05) is 18.3 Å². The first-order valence-corrected chi connectivity index (χ1v) is 6.52. The molecule has 0 fully saturated rings. The Morgan fingerprint density at radius 3 is 2.84 bits per heavy atom. The van der Waals surface area contributed by atoms with Crippen LogP contribution >= 0.6 is 0 Å². The molecule has 0 aliphatic heterocycles. The number of halogens is 1. The first-order chi connectivity index (χ1) is 9.29. The van der Waals surface area contributed by atoms with Crippen LogP contribution in [0.2, 0.25) is 0 Å². The molecule has 0 radical (unpaired) electrons. The smallest absolute Gasteiger partial charge is 0.141 e. The maximum atomic E-state index is 13.3. The van der Waals surface area contributed by atoms with E-state index in [4.69, 9.17) is 0 Å². The van der Waals surface area contributed by atoms with E-state index in [0.29, 0.717) is 0 Å². The molecule has 3 nitrogen and oxygen atoms in total. The molecule has 0 aliphatic rings. The molecule has 4 heteroatoms. The molecule has 0 saturated heterocycles. The zero-order chi connectivity index (χ0) is 13.5. The van der Waals surface area contributed by atoms with Crippen molar-refractivity contribution in [3.63, 3.8) is 0 Å². The van der Waals surface area contributed by atoms with Gasteiger partial charge in [0.05, 0.1) is 6.20 Å². The quantitative estimate of drug-likeness (QED) is 0.866. The molecule has 1 N–H and O–H groups in total. The van der Waals surface area contributed by atoms with Crippen LogP contribution in [0.3, 0.4) is 0 Å². The van der Waals surface area contributed by atoms with Gasteiger partial charge in [0.25, 0.3) is 0 Å². The molecule has 2 aromatic rings. The summed E-state index contributed by atoms with van der Waals surface area (Å²) in [5, 5.41) is 3.43. The molecular weight excluding hydrogens is 241 g/mol. The van der Waals surface area contributed by atoms with Crippen LogP contribution in [0.1, 0.15) is 30.5 Å². The highest BCUT2D eigenvalue weighted by atomic mass is 19.1. The van der Waals surface area contributed by atoms with Gasteiger partial charge in [-0.1, -0.05) is 13.0 Å². The number of nitrogens with zero attached hydrogens (tertiary/aromatic N) is 2. The third kappa shape index (κ3) is 4.10. The van der Waals surface area contributed by atoms with Gasteiger partial charge in [-0.05, 0) is 42.6 Å². The normalized spacial score (nSPS) is 12.3. The molecule has 0 spiro atoms. The van der Waals surface area contributed by atoms with Crippen molar-refractivity contribution in [2.45, 2.75) is 25.8 Å². The second-order valence-electron chi connectivity index (χ2n) is 4.51. The number of hydrogen-bond donors (Lipinski definition) is 1. The minimum atomic E-state index is -0.299. The van der Waals surface area contributed by atoms with Crippen molar-refractivity contribution >= 4 is 0 Å². The molecule has 2 aromatic heterocycles. The lowest BCUT2D eigenvalue weighted by Gasteiger charge is -2.18. The molecule has 2 rings (SSSR count). The second kappa shape index (κ2) is 6.95. The average Bonchev–Trinajstić information content (AvgIpc) is 2.44. The van der Waals surface area contributed by atoms with Crippen molar-refractivity contribution in [3.05, 3.63) is 59.9 Å². The highest BCUT2D eigenvalue weighted by molar-refractivity contribution is 5.20. The fourth-order valence-corrected chi connectivity index (χ4v) is 2.00. The van der Waals surface area contributed by atoms with Gasteiger partial charge in [0, 0.05) is 24.6 Å². The van der Waals surface area contributed by atoms with E-state index in [1.54, 1.807) is 12.4 Å². The zero-order valence-corrected chi connectivity index (χ0v) is 11.0.